The van der Waals surface area contributed by atoms with E-state index in [-0.39, 0.29) is 5.97 Å². The summed E-state index contributed by atoms with van der Waals surface area (Å²) in [5, 5.41) is 0. The number of rotatable bonds is 9. The predicted octanol–water partition coefficient (Wildman–Crippen LogP) is 5.10. The Balaban J connectivity index is 1.33. The lowest BCUT2D eigenvalue weighted by Gasteiger charge is -2.37. The van der Waals surface area contributed by atoms with Gasteiger partial charge >= 0.3 is 5.97 Å². The minimum absolute atomic E-state index is 0.122. The molecule has 0 radical (unpaired) electrons. The van der Waals surface area contributed by atoms with Crippen LogP contribution in [0.3, 0.4) is 0 Å². The van der Waals surface area contributed by atoms with Gasteiger partial charge in [-0.25, -0.2) is 0 Å². The molecule has 33 heavy (non-hydrogen) atoms. The molecular weight excluding hydrogens is 410 g/mol. The van der Waals surface area contributed by atoms with Crippen molar-refractivity contribution in [3.8, 4) is 11.3 Å². The zero-order chi connectivity index (χ0) is 23.1. The van der Waals surface area contributed by atoms with Gasteiger partial charge in [0.15, 0.2) is 0 Å². The van der Waals surface area contributed by atoms with Crippen molar-refractivity contribution in [2.24, 2.45) is 0 Å². The monoisotopic (exact) mass is 445 g/mol. The first-order chi connectivity index (χ1) is 16.2. The first kappa shape index (κ1) is 23.1. The summed E-state index contributed by atoms with van der Waals surface area (Å²) in [4.78, 5) is 21.1. The van der Waals surface area contributed by atoms with E-state index in [0.29, 0.717) is 0 Å². The maximum atomic E-state index is 12.8. The molecule has 1 aromatic heterocycles. The summed E-state index contributed by atoms with van der Waals surface area (Å²) >= 11 is 0. The molecule has 5 nitrogen and oxygen atoms in total. The molecule has 2 aromatic carbocycles. The fourth-order valence-corrected chi connectivity index (χ4v) is 5.06. The molecule has 2 heterocycles. The molecule has 0 aliphatic carbocycles. The molecule has 1 atom stereocenters. The fourth-order valence-electron chi connectivity index (χ4n) is 5.06. The van der Waals surface area contributed by atoms with Crippen molar-refractivity contribution in [1.29, 1.82) is 0 Å². The van der Waals surface area contributed by atoms with Crippen molar-refractivity contribution >= 4 is 11.7 Å². The number of hydrogen-bond donors (Lipinski definition) is 1. The fraction of sp³-hybridized carbons (Fsp3) is 0.393. The van der Waals surface area contributed by atoms with Crippen LogP contribution in [0.4, 0.5) is 5.69 Å². The molecule has 3 aromatic rings. The minimum Gasteiger partial charge on any atom is -0.468 e. The standard InChI is InChI=1S/C28H35N3O2/c1-3-28(27(32)33-2,24-11-5-4-6-12-24)15-9-17-30-18-20-31(21-19-30)25-13-7-10-23(22-25)26-14-8-16-29-26/h4-8,10-14,16,22,29H,3,9,15,17-21H2,1-2H3. The second-order valence-electron chi connectivity index (χ2n) is 8.86. The number of H-pyrrole nitrogens is 1. The summed E-state index contributed by atoms with van der Waals surface area (Å²) in [7, 11) is 1.50. The topological polar surface area (TPSA) is 48.6 Å². The van der Waals surface area contributed by atoms with Gasteiger partial charge in [0.2, 0.25) is 0 Å². The van der Waals surface area contributed by atoms with Crippen molar-refractivity contribution in [3.63, 3.8) is 0 Å². The van der Waals surface area contributed by atoms with Crippen LogP contribution in [0.15, 0.2) is 72.9 Å². The van der Waals surface area contributed by atoms with E-state index < -0.39 is 5.41 Å². The Kier molecular flexibility index (Phi) is 7.50. The largest absolute Gasteiger partial charge is 0.468 e. The Morgan fingerprint density at radius 3 is 2.45 bits per heavy atom. The molecule has 1 fully saturated rings. The summed E-state index contributed by atoms with van der Waals surface area (Å²) in [5.41, 5.74) is 4.15. The van der Waals surface area contributed by atoms with Crippen molar-refractivity contribution in [3.05, 3.63) is 78.5 Å². The third-order valence-electron chi connectivity index (χ3n) is 7.08. The van der Waals surface area contributed by atoms with Gasteiger partial charge < -0.3 is 14.6 Å². The smallest absolute Gasteiger partial charge is 0.316 e. The van der Waals surface area contributed by atoms with Gasteiger partial charge in [0.25, 0.3) is 0 Å². The highest BCUT2D eigenvalue weighted by molar-refractivity contribution is 5.83. The Labute approximate surface area is 197 Å². The number of anilines is 1. The number of benzene rings is 2. The van der Waals surface area contributed by atoms with E-state index in [2.05, 4.69) is 64.2 Å². The van der Waals surface area contributed by atoms with Crippen LogP contribution in [-0.4, -0.2) is 55.7 Å². The molecule has 0 amide bonds. The van der Waals surface area contributed by atoms with Crippen LogP contribution in [0.5, 0.6) is 0 Å². The number of ether oxygens (including phenoxy) is 1. The highest BCUT2D eigenvalue weighted by atomic mass is 16.5. The van der Waals surface area contributed by atoms with Crippen molar-refractivity contribution in [2.45, 2.75) is 31.6 Å². The summed E-state index contributed by atoms with van der Waals surface area (Å²) < 4.78 is 5.24. The second kappa shape index (κ2) is 10.7. The molecule has 1 saturated heterocycles. The normalized spacial score (nSPS) is 16.4. The highest BCUT2D eigenvalue weighted by Crippen LogP contribution is 2.34. The number of nitrogens with one attached hydrogen (secondary N) is 1. The summed E-state index contributed by atoms with van der Waals surface area (Å²) in [6.07, 6.45) is 4.49. The molecule has 1 N–H and O–H groups in total. The molecule has 4 rings (SSSR count). The lowest BCUT2D eigenvalue weighted by atomic mass is 9.74. The third-order valence-corrected chi connectivity index (χ3v) is 7.08. The highest BCUT2D eigenvalue weighted by Gasteiger charge is 2.39. The van der Waals surface area contributed by atoms with Crippen LogP contribution in [0.25, 0.3) is 11.3 Å². The van der Waals surface area contributed by atoms with E-state index in [1.165, 1.54) is 18.4 Å². The van der Waals surface area contributed by atoms with Crippen LogP contribution in [0.1, 0.15) is 31.7 Å². The first-order valence-electron chi connectivity index (χ1n) is 12.0. The molecular formula is C28H35N3O2. The molecule has 0 saturated carbocycles. The number of carbonyl (C=O) groups is 1. The van der Waals surface area contributed by atoms with E-state index in [1.54, 1.807) is 0 Å². The Morgan fingerprint density at radius 2 is 1.79 bits per heavy atom. The molecule has 1 aliphatic rings. The zero-order valence-electron chi connectivity index (χ0n) is 19.8. The van der Waals surface area contributed by atoms with E-state index in [1.807, 2.05) is 30.5 Å². The van der Waals surface area contributed by atoms with E-state index in [9.17, 15) is 4.79 Å². The van der Waals surface area contributed by atoms with Crippen LogP contribution in [0, 0.1) is 0 Å². The second-order valence-corrected chi connectivity index (χ2v) is 8.86. The molecule has 5 heteroatoms. The Hall–Kier alpha value is -3.05. The summed E-state index contributed by atoms with van der Waals surface area (Å²) in [5.74, 6) is -0.122. The van der Waals surface area contributed by atoms with Crippen molar-refractivity contribution in [2.75, 3.05) is 44.7 Å². The summed E-state index contributed by atoms with van der Waals surface area (Å²) in [6.45, 7) is 7.20. The molecule has 0 spiro atoms. The van der Waals surface area contributed by atoms with Gasteiger partial charge in [-0.2, -0.15) is 0 Å². The van der Waals surface area contributed by atoms with Crippen molar-refractivity contribution < 1.29 is 9.53 Å². The minimum atomic E-state index is -0.559. The van der Waals surface area contributed by atoms with Gasteiger partial charge in [0.05, 0.1) is 12.5 Å². The van der Waals surface area contributed by atoms with E-state index in [0.717, 1.165) is 63.2 Å². The number of esters is 1. The Bertz CT molecular complexity index is 1010. The van der Waals surface area contributed by atoms with Crippen LogP contribution in [0.2, 0.25) is 0 Å². The van der Waals surface area contributed by atoms with Gasteiger partial charge in [-0.15, -0.1) is 0 Å². The number of aromatic nitrogens is 1. The average molecular weight is 446 g/mol. The first-order valence-corrected chi connectivity index (χ1v) is 12.0. The lowest BCUT2D eigenvalue weighted by Crippen LogP contribution is -2.47. The van der Waals surface area contributed by atoms with Gasteiger partial charge in [0, 0.05) is 43.8 Å². The maximum absolute atomic E-state index is 12.8. The predicted molar refractivity (Wildman–Crippen MR) is 135 cm³/mol. The van der Waals surface area contributed by atoms with Gasteiger partial charge in [0.1, 0.15) is 0 Å². The number of nitrogens with zero attached hydrogens (tertiary/aromatic N) is 2. The third kappa shape index (κ3) is 5.14. The number of hydrogen-bond acceptors (Lipinski definition) is 4. The Morgan fingerprint density at radius 1 is 1.00 bits per heavy atom. The van der Waals surface area contributed by atoms with Crippen LogP contribution < -0.4 is 4.90 Å². The number of methoxy groups -OCH3 is 1. The number of aromatic amines is 1. The molecule has 174 valence electrons. The quantitative estimate of drug-likeness (QED) is 0.465. The number of piperazine rings is 1. The van der Waals surface area contributed by atoms with Crippen LogP contribution in [-0.2, 0) is 14.9 Å². The van der Waals surface area contributed by atoms with Gasteiger partial charge in [-0.05, 0) is 61.2 Å². The lowest BCUT2D eigenvalue weighted by molar-refractivity contribution is -0.148. The van der Waals surface area contributed by atoms with E-state index in [4.69, 9.17) is 4.74 Å². The van der Waals surface area contributed by atoms with Gasteiger partial charge in [-0.3, -0.25) is 9.69 Å². The van der Waals surface area contributed by atoms with Crippen molar-refractivity contribution in [1.82, 2.24) is 9.88 Å². The SMILES string of the molecule is CCC(CCCN1CCN(c2cccc(-c3ccc[nH]3)c2)CC1)(C(=O)OC)c1ccccc1. The summed E-state index contributed by atoms with van der Waals surface area (Å²) in [6, 6.07) is 23.0. The zero-order valence-corrected chi connectivity index (χ0v) is 19.8. The molecule has 0 bridgehead atoms. The average Bonchev–Trinajstić information content (AvgIpc) is 3.43. The molecule has 1 unspecified atom stereocenters. The van der Waals surface area contributed by atoms with E-state index >= 15 is 0 Å². The van der Waals surface area contributed by atoms with Gasteiger partial charge in [-0.1, -0.05) is 49.4 Å². The maximum Gasteiger partial charge on any atom is 0.316 e. The van der Waals surface area contributed by atoms with Crippen LogP contribution >= 0.6 is 0 Å². The molecule has 1 aliphatic heterocycles. The number of carbonyl (C=O) groups excluding carboxylic acids is 1.